The molecule has 2 N–H and O–H groups in total. The Bertz CT molecular complexity index is 928. The van der Waals surface area contributed by atoms with Crippen molar-refractivity contribution >= 4 is 23.4 Å². The maximum atomic E-state index is 13.2. The second kappa shape index (κ2) is 7.62. The van der Waals surface area contributed by atoms with Crippen LogP contribution in [0.15, 0.2) is 36.4 Å². The molecule has 6 heteroatoms. The van der Waals surface area contributed by atoms with Gasteiger partial charge < -0.3 is 15.4 Å². The predicted octanol–water partition coefficient (Wildman–Crippen LogP) is 5.49. The maximum Gasteiger partial charge on any atom is 0.323 e. The largest absolute Gasteiger partial charge is 0.457 e. The number of anilines is 2. The van der Waals surface area contributed by atoms with E-state index in [-0.39, 0.29) is 23.3 Å². The second-order valence-electron chi connectivity index (χ2n) is 7.66. The highest BCUT2D eigenvalue weighted by molar-refractivity contribution is 6.00. The third-order valence-corrected chi connectivity index (χ3v) is 5.49. The van der Waals surface area contributed by atoms with Crippen LogP contribution in [0.2, 0.25) is 0 Å². The van der Waals surface area contributed by atoms with Gasteiger partial charge in [-0.1, -0.05) is 19.9 Å². The first kappa shape index (κ1) is 19.9. The Balaban J connectivity index is 1.79. The number of halogens is 1. The Morgan fingerprint density at radius 1 is 1.18 bits per heavy atom. The second-order valence-corrected chi connectivity index (χ2v) is 7.66. The molecule has 1 heterocycles. The fourth-order valence-electron chi connectivity index (χ4n) is 3.54. The van der Waals surface area contributed by atoms with E-state index in [1.165, 1.54) is 18.2 Å². The first-order chi connectivity index (χ1) is 13.2. The van der Waals surface area contributed by atoms with Gasteiger partial charge in [0, 0.05) is 16.8 Å². The van der Waals surface area contributed by atoms with Crippen LogP contribution < -0.4 is 10.6 Å². The van der Waals surface area contributed by atoms with Crippen LogP contribution in [0.3, 0.4) is 0 Å². The molecule has 2 unspecified atom stereocenters. The molecule has 1 saturated heterocycles. The average molecular weight is 384 g/mol. The van der Waals surface area contributed by atoms with Crippen molar-refractivity contribution in [3.8, 4) is 0 Å². The molecular weight excluding hydrogens is 359 g/mol. The Morgan fingerprint density at radius 2 is 1.93 bits per heavy atom. The van der Waals surface area contributed by atoms with E-state index >= 15 is 0 Å². The number of urea groups is 1. The summed E-state index contributed by atoms with van der Waals surface area (Å²) in [4.78, 5) is 24.3. The van der Waals surface area contributed by atoms with Crippen molar-refractivity contribution in [2.75, 3.05) is 10.6 Å². The lowest BCUT2D eigenvalue weighted by Crippen LogP contribution is -2.22. The summed E-state index contributed by atoms with van der Waals surface area (Å²) in [6.07, 6.45) is 0.856. The third kappa shape index (κ3) is 4.01. The van der Waals surface area contributed by atoms with E-state index in [1.54, 1.807) is 13.0 Å². The lowest BCUT2D eigenvalue weighted by Gasteiger charge is -2.28. The van der Waals surface area contributed by atoms with Crippen molar-refractivity contribution in [2.24, 2.45) is 5.41 Å². The van der Waals surface area contributed by atoms with Crippen molar-refractivity contribution in [3.63, 3.8) is 0 Å². The highest BCUT2D eigenvalue weighted by Gasteiger charge is 2.45. The number of hydrogen-bond donors (Lipinski definition) is 2. The minimum atomic E-state index is -0.425. The molecule has 2 aromatic carbocycles. The summed E-state index contributed by atoms with van der Waals surface area (Å²) in [6, 6.07) is 9.31. The molecule has 0 aliphatic carbocycles. The third-order valence-electron chi connectivity index (χ3n) is 5.49. The van der Waals surface area contributed by atoms with Gasteiger partial charge in [0.2, 0.25) is 0 Å². The Kier molecular flexibility index (Phi) is 5.40. The summed E-state index contributed by atoms with van der Waals surface area (Å²) < 4.78 is 18.8. The zero-order valence-electron chi connectivity index (χ0n) is 16.6. The first-order valence-corrected chi connectivity index (χ1v) is 9.36. The van der Waals surface area contributed by atoms with Crippen LogP contribution in [0.4, 0.5) is 20.6 Å². The fourth-order valence-corrected chi connectivity index (χ4v) is 3.54. The van der Waals surface area contributed by atoms with Gasteiger partial charge in [-0.2, -0.15) is 0 Å². The number of hydrogen-bond acceptors (Lipinski definition) is 3. The van der Waals surface area contributed by atoms with E-state index in [0.717, 1.165) is 17.5 Å². The molecule has 148 valence electrons. The molecule has 0 bridgehead atoms. The van der Waals surface area contributed by atoms with E-state index in [2.05, 4.69) is 10.6 Å². The average Bonchev–Trinajstić information content (AvgIpc) is 2.94. The number of ether oxygens (including phenoxy) is 1. The van der Waals surface area contributed by atoms with Gasteiger partial charge in [0.15, 0.2) is 0 Å². The summed E-state index contributed by atoms with van der Waals surface area (Å²) in [7, 11) is 0. The Morgan fingerprint density at radius 3 is 2.61 bits per heavy atom. The summed E-state index contributed by atoms with van der Waals surface area (Å²) in [5.41, 5.74) is 3.39. The molecule has 0 saturated carbocycles. The molecule has 1 aliphatic heterocycles. The first-order valence-electron chi connectivity index (χ1n) is 9.36. The highest BCUT2D eigenvalue weighted by Crippen LogP contribution is 2.49. The molecule has 5 nitrogen and oxygen atoms in total. The van der Waals surface area contributed by atoms with Gasteiger partial charge in [0.25, 0.3) is 0 Å². The molecule has 0 spiro atoms. The summed E-state index contributed by atoms with van der Waals surface area (Å²) >= 11 is 0. The Hall–Kier alpha value is -2.89. The molecule has 1 fully saturated rings. The van der Waals surface area contributed by atoms with E-state index in [9.17, 15) is 14.0 Å². The van der Waals surface area contributed by atoms with Gasteiger partial charge in [0.05, 0.1) is 6.42 Å². The number of carbonyl (C=O) groups is 2. The lowest BCUT2D eigenvalue weighted by molar-refractivity contribution is -0.142. The van der Waals surface area contributed by atoms with Gasteiger partial charge in [0.1, 0.15) is 11.9 Å². The van der Waals surface area contributed by atoms with Crippen LogP contribution in [0.5, 0.6) is 0 Å². The number of amides is 2. The number of cyclic esters (lactones) is 1. The summed E-state index contributed by atoms with van der Waals surface area (Å²) in [6.45, 7) is 7.78. The normalized spacial score (nSPS) is 21.3. The smallest absolute Gasteiger partial charge is 0.323 e. The van der Waals surface area contributed by atoms with Crippen LogP contribution in [0, 0.1) is 25.1 Å². The zero-order valence-corrected chi connectivity index (χ0v) is 16.6. The molecule has 3 rings (SSSR count). The molecule has 2 amide bonds. The molecule has 1 aliphatic rings. The SMILES string of the molecule is CCC1(C)CC(=O)OC1c1cc(NC(=O)Nc2ccc(F)cc2C)ccc1C. The van der Waals surface area contributed by atoms with Crippen molar-refractivity contribution in [1.82, 2.24) is 0 Å². The molecule has 28 heavy (non-hydrogen) atoms. The van der Waals surface area contributed by atoms with Crippen LogP contribution in [0.25, 0.3) is 0 Å². The molecule has 2 aromatic rings. The van der Waals surface area contributed by atoms with Crippen molar-refractivity contribution in [2.45, 2.75) is 46.6 Å². The number of nitrogens with one attached hydrogen (secondary N) is 2. The number of esters is 1. The van der Waals surface area contributed by atoms with E-state index < -0.39 is 6.03 Å². The van der Waals surface area contributed by atoms with Crippen molar-refractivity contribution < 1.29 is 18.7 Å². The van der Waals surface area contributed by atoms with E-state index in [0.29, 0.717) is 23.4 Å². The standard InChI is InChI=1S/C22H25FN2O3/c1-5-22(4)12-19(26)28-20(22)17-11-16(8-6-13(17)2)24-21(27)25-18-9-7-15(23)10-14(18)3/h6-11,20H,5,12H2,1-4H3,(H2,24,25,27). The fraction of sp³-hybridized carbons (Fsp3) is 0.364. The topological polar surface area (TPSA) is 67.4 Å². The summed E-state index contributed by atoms with van der Waals surface area (Å²) in [5.74, 6) is -0.548. The minimum Gasteiger partial charge on any atom is -0.457 e. The van der Waals surface area contributed by atoms with Crippen LogP contribution in [-0.4, -0.2) is 12.0 Å². The van der Waals surface area contributed by atoms with E-state index in [4.69, 9.17) is 4.74 Å². The number of rotatable bonds is 4. The van der Waals surface area contributed by atoms with Gasteiger partial charge in [-0.05, 0) is 67.3 Å². The van der Waals surface area contributed by atoms with Gasteiger partial charge in [-0.25, -0.2) is 9.18 Å². The van der Waals surface area contributed by atoms with Crippen LogP contribution in [-0.2, 0) is 9.53 Å². The van der Waals surface area contributed by atoms with Crippen molar-refractivity contribution in [1.29, 1.82) is 0 Å². The van der Waals surface area contributed by atoms with E-state index in [1.807, 2.05) is 32.9 Å². The van der Waals surface area contributed by atoms with Gasteiger partial charge >= 0.3 is 12.0 Å². The zero-order chi connectivity index (χ0) is 20.5. The Labute approximate surface area is 164 Å². The monoisotopic (exact) mass is 384 g/mol. The van der Waals surface area contributed by atoms with Gasteiger partial charge in [-0.3, -0.25) is 4.79 Å². The minimum absolute atomic E-state index is 0.198. The lowest BCUT2D eigenvalue weighted by atomic mass is 9.77. The highest BCUT2D eigenvalue weighted by atomic mass is 19.1. The molecule has 0 radical (unpaired) electrons. The number of carbonyl (C=O) groups excluding carboxylic acids is 2. The summed E-state index contributed by atoms with van der Waals surface area (Å²) in [5, 5.41) is 5.52. The number of aryl methyl sites for hydroxylation is 2. The molecular formula is C22H25FN2O3. The number of benzene rings is 2. The van der Waals surface area contributed by atoms with Crippen molar-refractivity contribution in [3.05, 3.63) is 58.9 Å². The van der Waals surface area contributed by atoms with Crippen LogP contribution in [0.1, 0.15) is 49.5 Å². The van der Waals surface area contributed by atoms with Gasteiger partial charge in [-0.15, -0.1) is 0 Å². The molecule has 0 aromatic heterocycles. The van der Waals surface area contributed by atoms with Crippen LogP contribution >= 0.6 is 0 Å². The maximum absolute atomic E-state index is 13.2. The quantitative estimate of drug-likeness (QED) is 0.685. The molecule has 2 atom stereocenters. The predicted molar refractivity (Wildman–Crippen MR) is 107 cm³/mol.